The summed E-state index contributed by atoms with van der Waals surface area (Å²) in [6.45, 7) is 3.31. The summed E-state index contributed by atoms with van der Waals surface area (Å²) in [5, 5.41) is 13.0. The van der Waals surface area contributed by atoms with Gasteiger partial charge < -0.3 is 15.2 Å². The highest BCUT2D eigenvalue weighted by molar-refractivity contribution is 5.82. The van der Waals surface area contributed by atoms with Gasteiger partial charge in [0.05, 0.1) is 7.11 Å². The van der Waals surface area contributed by atoms with Gasteiger partial charge in [0.1, 0.15) is 5.75 Å². The molecule has 5 heteroatoms. The third-order valence-corrected chi connectivity index (χ3v) is 4.26. The molecule has 2 aromatic rings. The summed E-state index contributed by atoms with van der Waals surface area (Å²) in [5.41, 5.74) is 1.74. The van der Waals surface area contributed by atoms with Crippen molar-refractivity contribution in [3.05, 3.63) is 65.7 Å². The number of aliphatic hydroxyl groups excluding tert-OH is 1. The summed E-state index contributed by atoms with van der Waals surface area (Å²) in [6.07, 6.45) is -1.21. The number of methoxy groups -OCH3 is 1. The van der Waals surface area contributed by atoms with Crippen LogP contribution in [0.5, 0.6) is 5.75 Å². The van der Waals surface area contributed by atoms with Gasteiger partial charge >= 0.3 is 0 Å². The molecule has 0 saturated heterocycles. The Bertz CT molecular complexity index is 676. The average Bonchev–Trinajstić information content (AvgIpc) is 2.65. The fourth-order valence-electron chi connectivity index (χ4n) is 2.49. The van der Waals surface area contributed by atoms with Crippen molar-refractivity contribution in [3.63, 3.8) is 0 Å². The van der Waals surface area contributed by atoms with Crippen LogP contribution >= 0.6 is 0 Å². The van der Waals surface area contributed by atoms with Crippen LogP contribution < -0.4 is 10.1 Å². The van der Waals surface area contributed by atoms with Gasteiger partial charge in [0.15, 0.2) is 6.10 Å². The van der Waals surface area contributed by atoms with E-state index in [1.807, 2.05) is 32.2 Å². The number of amides is 1. The number of rotatable bonds is 8. The zero-order chi connectivity index (χ0) is 18.2. The first kappa shape index (κ1) is 19.0. The molecule has 1 amide bonds. The van der Waals surface area contributed by atoms with E-state index in [2.05, 4.69) is 22.3 Å². The molecule has 0 aromatic heterocycles. The Morgan fingerprint density at radius 3 is 2.60 bits per heavy atom. The summed E-state index contributed by atoms with van der Waals surface area (Å²) in [6, 6.07) is 17.2. The quantitative estimate of drug-likeness (QED) is 0.773. The Morgan fingerprint density at radius 2 is 1.92 bits per heavy atom. The number of benzene rings is 2. The molecule has 2 rings (SSSR count). The van der Waals surface area contributed by atoms with Crippen LogP contribution in [0, 0.1) is 0 Å². The lowest BCUT2D eigenvalue weighted by atomic mass is 10.1. The number of aliphatic hydroxyl groups is 1. The van der Waals surface area contributed by atoms with Crippen molar-refractivity contribution in [2.75, 3.05) is 20.7 Å². The summed E-state index contributed by atoms with van der Waals surface area (Å²) in [5.74, 6) is 0.202. The minimum Gasteiger partial charge on any atom is -0.497 e. The lowest BCUT2D eigenvalue weighted by Crippen LogP contribution is -2.41. The molecule has 0 aliphatic carbocycles. The van der Waals surface area contributed by atoms with Gasteiger partial charge in [-0.05, 0) is 37.2 Å². The average molecular weight is 342 g/mol. The van der Waals surface area contributed by atoms with Crippen molar-refractivity contribution >= 4 is 5.91 Å². The monoisotopic (exact) mass is 342 g/mol. The molecule has 2 unspecified atom stereocenters. The first-order chi connectivity index (χ1) is 12.0. The second-order valence-electron chi connectivity index (χ2n) is 6.17. The molecule has 0 aliphatic heterocycles. The zero-order valence-electron chi connectivity index (χ0n) is 15.0. The van der Waals surface area contributed by atoms with Gasteiger partial charge in [-0.2, -0.15) is 0 Å². The third-order valence-electron chi connectivity index (χ3n) is 4.26. The topological polar surface area (TPSA) is 61.8 Å². The first-order valence-electron chi connectivity index (χ1n) is 8.35. The van der Waals surface area contributed by atoms with E-state index < -0.39 is 12.0 Å². The van der Waals surface area contributed by atoms with Gasteiger partial charge in [-0.3, -0.25) is 9.69 Å². The lowest BCUT2D eigenvalue weighted by Gasteiger charge is -2.25. The molecule has 2 atom stereocenters. The van der Waals surface area contributed by atoms with Crippen LogP contribution in [0.2, 0.25) is 0 Å². The third kappa shape index (κ3) is 5.59. The smallest absolute Gasteiger partial charge is 0.253 e. The Kier molecular flexibility index (Phi) is 6.98. The number of ether oxygens (including phenoxy) is 1. The molecule has 2 aromatic carbocycles. The van der Waals surface area contributed by atoms with Gasteiger partial charge in [0, 0.05) is 19.1 Å². The maximum Gasteiger partial charge on any atom is 0.253 e. The molecule has 0 bridgehead atoms. The van der Waals surface area contributed by atoms with E-state index in [1.165, 1.54) is 5.56 Å². The minimum atomic E-state index is -1.21. The summed E-state index contributed by atoms with van der Waals surface area (Å²) in [7, 11) is 3.57. The lowest BCUT2D eigenvalue weighted by molar-refractivity contribution is -0.129. The molecular formula is C20H26N2O3. The van der Waals surface area contributed by atoms with Crippen molar-refractivity contribution in [3.8, 4) is 5.75 Å². The van der Waals surface area contributed by atoms with Crippen LogP contribution in [-0.2, 0) is 11.3 Å². The Hall–Kier alpha value is -2.37. The van der Waals surface area contributed by atoms with E-state index in [0.29, 0.717) is 17.9 Å². The van der Waals surface area contributed by atoms with Crippen LogP contribution in [0.1, 0.15) is 24.2 Å². The number of carbonyl (C=O) groups excluding carboxylic acids is 1. The maximum absolute atomic E-state index is 12.2. The number of nitrogens with zero attached hydrogens (tertiary/aromatic N) is 1. The van der Waals surface area contributed by atoms with Gasteiger partial charge in [-0.25, -0.2) is 0 Å². The molecule has 25 heavy (non-hydrogen) atoms. The number of carbonyl (C=O) groups is 1. The van der Waals surface area contributed by atoms with E-state index in [4.69, 9.17) is 4.74 Å². The second-order valence-corrected chi connectivity index (χ2v) is 6.17. The normalized spacial score (nSPS) is 13.3. The molecule has 5 nitrogen and oxygen atoms in total. The maximum atomic E-state index is 12.2. The molecule has 0 saturated carbocycles. The highest BCUT2D eigenvalue weighted by atomic mass is 16.5. The van der Waals surface area contributed by atoms with Crippen molar-refractivity contribution < 1.29 is 14.6 Å². The number of likely N-dealkylation sites (N-methyl/N-ethyl adjacent to an activating group) is 1. The number of nitrogens with one attached hydrogen (secondary N) is 1. The van der Waals surface area contributed by atoms with E-state index in [1.54, 1.807) is 31.4 Å². The van der Waals surface area contributed by atoms with E-state index >= 15 is 0 Å². The highest BCUT2D eigenvalue weighted by Crippen LogP contribution is 2.19. The Labute approximate surface area is 149 Å². The second kappa shape index (κ2) is 9.20. The van der Waals surface area contributed by atoms with Gasteiger partial charge in [-0.1, -0.05) is 42.5 Å². The Balaban J connectivity index is 1.85. The van der Waals surface area contributed by atoms with Crippen molar-refractivity contribution in [2.45, 2.75) is 25.6 Å². The molecule has 134 valence electrons. The minimum absolute atomic E-state index is 0.140. The zero-order valence-corrected chi connectivity index (χ0v) is 15.0. The van der Waals surface area contributed by atoms with E-state index in [9.17, 15) is 9.90 Å². The largest absolute Gasteiger partial charge is 0.497 e. The van der Waals surface area contributed by atoms with Gasteiger partial charge in [-0.15, -0.1) is 0 Å². The van der Waals surface area contributed by atoms with Crippen molar-refractivity contribution in [2.24, 2.45) is 0 Å². The number of hydrogen-bond acceptors (Lipinski definition) is 4. The SMILES string of the molecule is COc1cccc(C(O)C(=O)NCC(C)N(C)Cc2ccccc2)c1. The van der Waals surface area contributed by atoms with Crippen molar-refractivity contribution in [1.29, 1.82) is 0 Å². The van der Waals surface area contributed by atoms with Gasteiger partial charge in [0.2, 0.25) is 0 Å². The van der Waals surface area contributed by atoms with Crippen LogP contribution in [0.15, 0.2) is 54.6 Å². The summed E-state index contributed by atoms with van der Waals surface area (Å²) in [4.78, 5) is 14.4. The molecule has 0 radical (unpaired) electrons. The molecule has 0 fully saturated rings. The molecule has 2 N–H and O–H groups in total. The molecular weight excluding hydrogens is 316 g/mol. The van der Waals surface area contributed by atoms with Crippen LogP contribution in [0.3, 0.4) is 0 Å². The first-order valence-corrected chi connectivity index (χ1v) is 8.35. The van der Waals surface area contributed by atoms with E-state index in [-0.39, 0.29) is 6.04 Å². The predicted molar refractivity (Wildman–Crippen MR) is 98.3 cm³/mol. The fourth-order valence-corrected chi connectivity index (χ4v) is 2.49. The molecule has 0 spiro atoms. The van der Waals surface area contributed by atoms with E-state index in [0.717, 1.165) is 6.54 Å². The summed E-state index contributed by atoms with van der Waals surface area (Å²) < 4.78 is 5.12. The van der Waals surface area contributed by atoms with Crippen LogP contribution in [-0.4, -0.2) is 42.7 Å². The van der Waals surface area contributed by atoms with Crippen molar-refractivity contribution in [1.82, 2.24) is 10.2 Å². The standard InChI is InChI=1S/C20H26N2O3/c1-15(22(2)14-16-8-5-4-6-9-16)13-21-20(24)19(23)17-10-7-11-18(12-17)25-3/h4-12,15,19,23H,13-14H2,1-3H3,(H,21,24). The predicted octanol–water partition coefficient (Wildman–Crippen LogP) is 2.37. The highest BCUT2D eigenvalue weighted by Gasteiger charge is 2.19. The van der Waals surface area contributed by atoms with Gasteiger partial charge in [0.25, 0.3) is 5.91 Å². The Morgan fingerprint density at radius 1 is 1.20 bits per heavy atom. The fraction of sp³-hybridized carbons (Fsp3) is 0.350. The molecule has 0 aliphatic rings. The molecule has 0 heterocycles. The van der Waals surface area contributed by atoms with Crippen LogP contribution in [0.25, 0.3) is 0 Å². The van der Waals surface area contributed by atoms with Crippen LogP contribution in [0.4, 0.5) is 0 Å². The summed E-state index contributed by atoms with van der Waals surface area (Å²) >= 11 is 0. The number of hydrogen-bond donors (Lipinski definition) is 2.